The molecule has 0 radical (unpaired) electrons. The number of rotatable bonds is 4. The number of amides is 1. The number of H-pyrrole nitrogens is 1. The second-order valence-electron chi connectivity index (χ2n) is 6.10. The fourth-order valence-corrected chi connectivity index (χ4v) is 2.60. The fourth-order valence-electron chi connectivity index (χ4n) is 2.60. The van der Waals surface area contributed by atoms with Crippen LogP contribution in [0.2, 0.25) is 0 Å². The van der Waals surface area contributed by atoms with Gasteiger partial charge in [-0.15, -0.1) is 5.10 Å². The number of carbonyl (C=O) groups is 1. The lowest BCUT2D eigenvalue weighted by molar-refractivity contribution is 0.102. The molecule has 0 aliphatic heterocycles. The molecule has 0 spiro atoms. The molecule has 0 bridgehead atoms. The SMILES string of the molecule is CN(C)c1nnc(-c2ccc(NC(=O)c3ccc4cc[nH]c4c3)cc2)o1. The highest BCUT2D eigenvalue weighted by molar-refractivity contribution is 6.06. The highest BCUT2D eigenvalue weighted by Crippen LogP contribution is 2.23. The fraction of sp³-hybridized carbons (Fsp3) is 0.105. The van der Waals surface area contributed by atoms with Gasteiger partial charge in [-0.1, -0.05) is 11.2 Å². The van der Waals surface area contributed by atoms with Gasteiger partial charge in [0, 0.05) is 42.6 Å². The Balaban J connectivity index is 1.50. The zero-order valence-corrected chi connectivity index (χ0v) is 14.4. The number of hydrogen-bond donors (Lipinski definition) is 2. The minimum Gasteiger partial charge on any atom is -0.403 e. The smallest absolute Gasteiger partial charge is 0.317 e. The standard InChI is InChI=1S/C19H17N5O2/c1-24(2)19-23-22-18(26-19)13-5-7-15(8-6-13)21-17(25)14-4-3-12-9-10-20-16(12)11-14/h3-11,20H,1-2H3,(H,21,25). The summed E-state index contributed by atoms with van der Waals surface area (Å²) in [6.07, 6.45) is 1.85. The number of nitrogens with one attached hydrogen (secondary N) is 2. The number of nitrogens with zero attached hydrogens (tertiary/aromatic N) is 3. The van der Waals surface area contributed by atoms with Gasteiger partial charge < -0.3 is 19.6 Å². The van der Waals surface area contributed by atoms with Gasteiger partial charge in [0.1, 0.15) is 0 Å². The average Bonchev–Trinajstić information content (AvgIpc) is 3.31. The summed E-state index contributed by atoms with van der Waals surface area (Å²) in [7, 11) is 3.67. The molecule has 2 aromatic heterocycles. The van der Waals surface area contributed by atoms with Crippen molar-refractivity contribution in [2.75, 3.05) is 24.3 Å². The number of anilines is 2. The Kier molecular flexibility index (Phi) is 3.89. The van der Waals surface area contributed by atoms with Gasteiger partial charge in [-0.3, -0.25) is 4.79 Å². The third-order valence-electron chi connectivity index (χ3n) is 4.00. The van der Waals surface area contributed by atoms with Crippen LogP contribution in [0.3, 0.4) is 0 Å². The molecule has 0 fully saturated rings. The Morgan fingerprint density at radius 2 is 1.88 bits per heavy atom. The molecule has 7 heteroatoms. The van der Waals surface area contributed by atoms with Gasteiger partial charge in [0.2, 0.25) is 5.89 Å². The number of hydrogen-bond acceptors (Lipinski definition) is 5. The van der Waals surface area contributed by atoms with E-state index in [9.17, 15) is 4.79 Å². The largest absolute Gasteiger partial charge is 0.403 e. The average molecular weight is 347 g/mol. The normalized spacial score (nSPS) is 10.8. The molecule has 0 saturated heterocycles. The number of aromatic nitrogens is 3. The lowest BCUT2D eigenvalue weighted by Gasteiger charge is -2.06. The van der Waals surface area contributed by atoms with Crippen molar-refractivity contribution in [1.82, 2.24) is 15.2 Å². The Bertz CT molecular complexity index is 1060. The van der Waals surface area contributed by atoms with Crippen molar-refractivity contribution in [1.29, 1.82) is 0 Å². The van der Waals surface area contributed by atoms with E-state index in [1.165, 1.54) is 0 Å². The van der Waals surface area contributed by atoms with E-state index in [2.05, 4.69) is 20.5 Å². The van der Waals surface area contributed by atoms with E-state index in [4.69, 9.17) is 4.42 Å². The highest BCUT2D eigenvalue weighted by atomic mass is 16.4. The monoisotopic (exact) mass is 347 g/mol. The van der Waals surface area contributed by atoms with Gasteiger partial charge in [-0.25, -0.2) is 0 Å². The van der Waals surface area contributed by atoms with Gasteiger partial charge in [0.25, 0.3) is 5.91 Å². The summed E-state index contributed by atoms with van der Waals surface area (Å²) < 4.78 is 5.57. The maximum absolute atomic E-state index is 12.4. The summed E-state index contributed by atoms with van der Waals surface area (Å²) in [4.78, 5) is 17.3. The Morgan fingerprint density at radius 1 is 1.08 bits per heavy atom. The number of carbonyl (C=O) groups excluding carboxylic acids is 1. The van der Waals surface area contributed by atoms with Crippen LogP contribution in [-0.2, 0) is 0 Å². The minimum atomic E-state index is -0.165. The topological polar surface area (TPSA) is 87.0 Å². The molecule has 4 rings (SSSR count). The summed E-state index contributed by atoms with van der Waals surface area (Å²) in [6, 6.07) is 15.2. The van der Waals surface area contributed by atoms with Gasteiger partial charge in [-0.05, 0) is 47.9 Å². The molecule has 0 unspecified atom stereocenters. The summed E-state index contributed by atoms with van der Waals surface area (Å²) >= 11 is 0. The summed E-state index contributed by atoms with van der Waals surface area (Å²) in [5.41, 5.74) is 3.01. The van der Waals surface area contributed by atoms with Crippen molar-refractivity contribution < 1.29 is 9.21 Å². The van der Waals surface area contributed by atoms with Crippen LogP contribution in [0.1, 0.15) is 10.4 Å². The van der Waals surface area contributed by atoms with E-state index in [-0.39, 0.29) is 5.91 Å². The lowest BCUT2D eigenvalue weighted by Crippen LogP contribution is -2.11. The molecule has 0 atom stereocenters. The second kappa shape index (κ2) is 6.36. The maximum atomic E-state index is 12.4. The maximum Gasteiger partial charge on any atom is 0.317 e. The van der Waals surface area contributed by atoms with Crippen LogP contribution in [0.15, 0.2) is 59.1 Å². The van der Waals surface area contributed by atoms with Crippen LogP contribution in [0.5, 0.6) is 0 Å². The highest BCUT2D eigenvalue weighted by Gasteiger charge is 2.11. The molecular formula is C19H17N5O2. The van der Waals surface area contributed by atoms with Gasteiger partial charge in [0.05, 0.1) is 0 Å². The molecule has 2 aromatic carbocycles. The zero-order chi connectivity index (χ0) is 18.1. The van der Waals surface area contributed by atoms with Crippen LogP contribution < -0.4 is 10.2 Å². The van der Waals surface area contributed by atoms with E-state index in [1.807, 2.05) is 50.6 Å². The molecule has 2 heterocycles. The van der Waals surface area contributed by atoms with E-state index >= 15 is 0 Å². The summed E-state index contributed by atoms with van der Waals surface area (Å²) in [6.45, 7) is 0. The van der Waals surface area contributed by atoms with Gasteiger partial charge in [-0.2, -0.15) is 0 Å². The van der Waals surface area contributed by atoms with Crippen LogP contribution in [0.25, 0.3) is 22.4 Å². The molecule has 4 aromatic rings. The van der Waals surface area contributed by atoms with Crippen molar-refractivity contribution >= 4 is 28.5 Å². The van der Waals surface area contributed by atoms with Crippen LogP contribution in [-0.4, -0.2) is 35.2 Å². The number of aromatic amines is 1. The first kappa shape index (κ1) is 15.9. The molecule has 1 amide bonds. The van der Waals surface area contributed by atoms with Gasteiger partial charge in [0.15, 0.2) is 0 Å². The van der Waals surface area contributed by atoms with Crippen LogP contribution >= 0.6 is 0 Å². The molecule has 0 aliphatic rings. The first-order valence-corrected chi connectivity index (χ1v) is 8.10. The first-order chi connectivity index (χ1) is 12.6. The van der Waals surface area contributed by atoms with Gasteiger partial charge >= 0.3 is 6.01 Å². The lowest BCUT2D eigenvalue weighted by atomic mass is 10.1. The summed E-state index contributed by atoms with van der Waals surface area (Å²) in [5.74, 6) is 0.269. The Morgan fingerprint density at radius 3 is 2.62 bits per heavy atom. The molecule has 0 aliphatic carbocycles. The summed E-state index contributed by atoms with van der Waals surface area (Å²) in [5, 5.41) is 11.9. The van der Waals surface area contributed by atoms with Crippen LogP contribution in [0.4, 0.5) is 11.7 Å². The first-order valence-electron chi connectivity index (χ1n) is 8.10. The predicted octanol–water partition coefficient (Wildman–Crippen LogP) is 3.54. The molecule has 130 valence electrons. The zero-order valence-electron chi connectivity index (χ0n) is 14.4. The molecule has 7 nitrogen and oxygen atoms in total. The van der Waals surface area contributed by atoms with E-state index < -0.39 is 0 Å². The third kappa shape index (κ3) is 3.02. The Labute approximate surface area is 149 Å². The quantitative estimate of drug-likeness (QED) is 0.590. The van der Waals surface area contributed by atoms with E-state index in [1.54, 1.807) is 23.1 Å². The van der Waals surface area contributed by atoms with Crippen molar-refractivity contribution in [2.45, 2.75) is 0 Å². The van der Waals surface area contributed by atoms with Crippen LogP contribution in [0, 0.1) is 0 Å². The van der Waals surface area contributed by atoms with Crippen molar-refractivity contribution in [2.24, 2.45) is 0 Å². The molecule has 0 saturated carbocycles. The van der Waals surface area contributed by atoms with Crippen molar-refractivity contribution in [3.63, 3.8) is 0 Å². The molecular weight excluding hydrogens is 330 g/mol. The number of fused-ring (bicyclic) bond motifs is 1. The van der Waals surface area contributed by atoms with E-state index in [0.717, 1.165) is 16.5 Å². The minimum absolute atomic E-state index is 0.165. The van der Waals surface area contributed by atoms with Crippen molar-refractivity contribution in [3.05, 3.63) is 60.3 Å². The molecule has 2 N–H and O–H groups in total. The number of benzene rings is 2. The predicted molar refractivity (Wildman–Crippen MR) is 100 cm³/mol. The van der Waals surface area contributed by atoms with Crippen molar-refractivity contribution in [3.8, 4) is 11.5 Å². The third-order valence-corrected chi connectivity index (χ3v) is 4.00. The Hall–Kier alpha value is -3.61. The van der Waals surface area contributed by atoms with E-state index in [0.29, 0.717) is 23.2 Å². The molecule has 26 heavy (non-hydrogen) atoms. The second-order valence-corrected chi connectivity index (χ2v) is 6.10.